The number of carbonyl (C=O) groups is 3. The Kier molecular flexibility index (Phi) is 6.38. The van der Waals surface area contributed by atoms with Gasteiger partial charge in [-0.2, -0.15) is 0 Å². The van der Waals surface area contributed by atoms with Gasteiger partial charge >= 0.3 is 11.8 Å². The predicted molar refractivity (Wildman–Crippen MR) is 94.2 cm³/mol. The summed E-state index contributed by atoms with van der Waals surface area (Å²) in [6, 6.07) is 6.79. The number of piperidine rings is 1. The van der Waals surface area contributed by atoms with Gasteiger partial charge in [-0.05, 0) is 25.0 Å². The molecule has 0 aromatic heterocycles. The van der Waals surface area contributed by atoms with E-state index in [0.717, 1.165) is 12.8 Å². The van der Waals surface area contributed by atoms with Crippen LogP contribution in [-0.4, -0.2) is 48.9 Å². The van der Waals surface area contributed by atoms with E-state index in [1.54, 1.807) is 24.3 Å². The topological polar surface area (TPSA) is 87.7 Å². The van der Waals surface area contributed by atoms with Gasteiger partial charge in [-0.25, -0.2) is 0 Å². The molecule has 0 saturated carbocycles. The molecule has 0 spiro atoms. The fourth-order valence-electron chi connectivity index (χ4n) is 2.71. The molecule has 0 bridgehead atoms. The summed E-state index contributed by atoms with van der Waals surface area (Å²) in [7, 11) is 1.50. The smallest absolute Gasteiger partial charge is 0.314 e. The lowest BCUT2D eigenvalue weighted by molar-refractivity contribution is -0.144. The number of nitrogens with zero attached hydrogens (tertiary/aromatic N) is 1. The minimum atomic E-state index is -0.708. The Hall–Kier alpha value is -2.57. The van der Waals surface area contributed by atoms with Crippen molar-refractivity contribution in [3.8, 4) is 5.75 Å². The molecule has 2 N–H and O–H groups in total. The molecule has 1 aromatic rings. The summed E-state index contributed by atoms with van der Waals surface area (Å²) in [6.45, 7) is 4.49. The van der Waals surface area contributed by atoms with Gasteiger partial charge in [-0.1, -0.05) is 26.0 Å². The summed E-state index contributed by atoms with van der Waals surface area (Å²) in [5.41, 5.74) is 0.449. The molecule has 1 heterocycles. The minimum Gasteiger partial charge on any atom is -0.495 e. The van der Waals surface area contributed by atoms with Crippen LogP contribution in [0.1, 0.15) is 26.7 Å². The van der Waals surface area contributed by atoms with E-state index < -0.39 is 11.8 Å². The first kappa shape index (κ1) is 18.8. The Morgan fingerprint density at radius 1 is 1.24 bits per heavy atom. The molecule has 3 amide bonds. The lowest BCUT2D eigenvalue weighted by atomic mass is 10.0. The number of amides is 3. The molecule has 0 radical (unpaired) electrons. The van der Waals surface area contributed by atoms with E-state index in [4.69, 9.17) is 4.74 Å². The van der Waals surface area contributed by atoms with Crippen molar-refractivity contribution < 1.29 is 19.1 Å². The van der Waals surface area contributed by atoms with Crippen LogP contribution in [0.25, 0.3) is 0 Å². The zero-order chi connectivity index (χ0) is 18.4. The Morgan fingerprint density at radius 2 is 1.96 bits per heavy atom. The van der Waals surface area contributed by atoms with Crippen LogP contribution in [0, 0.1) is 5.92 Å². The van der Waals surface area contributed by atoms with Crippen molar-refractivity contribution in [2.45, 2.75) is 32.7 Å². The number of ether oxygens (including phenoxy) is 1. The van der Waals surface area contributed by atoms with Gasteiger partial charge in [0.25, 0.3) is 0 Å². The monoisotopic (exact) mass is 347 g/mol. The van der Waals surface area contributed by atoms with Crippen molar-refractivity contribution in [2.24, 2.45) is 5.92 Å². The number of nitrogens with one attached hydrogen (secondary N) is 2. The fourth-order valence-corrected chi connectivity index (χ4v) is 2.71. The maximum absolute atomic E-state index is 12.4. The number of rotatable bonds is 4. The fraction of sp³-hybridized carbons (Fsp3) is 0.500. The van der Waals surface area contributed by atoms with Crippen molar-refractivity contribution in [1.29, 1.82) is 0 Å². The number of hydrogen-bond donors (Lipinski definition) is 2. The maximum Gasteiger partial charge on any atom is 0.314 e. The van der Waals surface area contributed by atoms with Crippen molar-refractivity contribution >= 4 is 23.4 Å². The molecule has 1 aromatic carbocycles. The Bertz CT molecular complexity index is 645. The molecule has 2 rings (SSSR count). The van der Waals surface area contributed by atoms with Gasteiger partial charge in [0.15, 0.2) is 0 Å². The van der Waals surface area contributed by atoms with E-state index in [2.05, 4.69) is 10.6 Å². The highest BCUT2D eigenvalue weighted by molar-refractivity contribution is 6.39. The van der Waals surface area contributed by atoms with Crippen LogP contribution in [0.4, 0.5) is 5.69 Å². The number of carbonyl (C=O) groups excluding carboxylic acids is 3. The van der Waals surface area contributed by atoms with Gasteiger partial charge in [0.2, 0.25) is 5.91 Å². The maximum atomic E-state index is 12.4. The standard InChI is InChI=1S/C18H25N3O4/c1-12(2)16(22)19-13-7-6-10-21(11-13)18(24)17(23)20-14-8-4-5-9-15(14)25-3/h4-5,8-9,12-13H,6-7,10-11H2,1-3H3,(H,19,22)(H,20,23)/t13-/m1/s1. The summed E-state index contributed by atoms with van der Waals surface area (Å²) in [4.78, 5) is 38.0. The molecular formula is C18H25N3O4. The molecular weight excluding hydrogens is 322 g/mol. The molecule has 7 nitrogen and oxygen atoms in total. The van der Waals surface area contributed by atoms with E-state index in [9.17, 15) is 14.4 Å². The van der Waals surface area contributed by atoms with Crippen LogP contribution in [0.15, 0.2) is 24.3 Å². The number of para-hydroxylation sites is 2. The van der Waals surface area contributed by atoms with E-state index in [1.807, 2.05) is 13.8 Å². The normalized spacial score (nSPS) is 17.1. The number of benzene rings is 1. The summed E-state index contributed by atoms with van der Waals surface area (Å²) in [5, 5.41) is 5.52. The Balaban J connectivity index is 1.97. The lowest BCUT2D eigenvalue weighted by Gasteiger charge is -2.33. The van der Waals surface area contributed by atoms with Crippen molar-refractivity contribution in [3.05, 3.63) is 24.3 Å². The van der Waals surface area contributed by atoms with Crippen LogP contribution in [0.5, 0.6) is 5.75 Å². The van der Waals surface area contributed by atoms with Gasteiger partial charge in [0.1, 0.15) is 5.75 Å². The summed E-state index contributed by atoms with van der Waals surface area (Å²) in [6.07, 6.45) is 1.55. The summed E-state index contributed by atoms with van der Waals surface area (Å²) >= 11 is 0. The second-order valence-corrected chi connectivity index (χ2v) is 6.41. The summed E-state index contributed by atoms with van der Waals surface area (Å²) < 4.78 is 5.17. The van der Waals surface area contributed by atoms with Gasteiger partial charge in [-0.15, -0.1) is 0 Å². The second-order valence-electron chi connectivity index (χ2n) is 6.41. The number of likely N-dealkylation sites (tertiary alicyclic amines) is 1. The molecule has 0 aliphatic carbocycles. The highest BCUT2D eigenvalue weighted by Gasteiger charge is 2.29. The molecule has 136 valence electrons. The quantitative estimate of drug-likeness (QED) is 0.806. The SMILES string of the molecule is COc1ccccc1NC(=O)C(=O)N1CCC[C@@H](NC(=O)C(C)C)C1. The highest BCUT2D eigenvalue weighted by Crippen LogP contribution is 2.23. The van der Waals surface area contributed by atoms with E-state index in [-0.39, 0.29) is 17.9 Å². The molecule has 1 saturated heterocycles. The Labute approximate surface area is 147 Å². The minimum absolute atomic E-state index is 0.0437. The molecule has 1 atom stereocenters. The molecule has 0 unspecified atom stereocenters. The lowest BCUT2D eigenvalue weighted by Crippen LogP contribution is -2.52. The van der Waals surface area contributed by atoms with Crippen LogP contribution >= 0.6 is 0 Å². The third kappa shape index (κ3) is 4.95. The molecule has 1 aliphatic heterocycles. The molecule has 1 aliphatic rings. The summed E-state index contributed by atoms with van der Waals surface area (Å²) in [5.74, 6) is -0.975. The average Bonchev–Trinajstić information content (AvgIpc) is 2.61. The molecule has 1 fully saturated rings. The van der Waals surface area contributed by atoms with Gasteiger partial charge in [0, 0.05) is 25.0 Å². The zero-order valence-electron chi connectivity index (χ0n) is 14.9. The predicted octanol–water partition coefficient (Wildman–Crippen LogP) is 1.40. The van der Waals surface area contributed by atoms with Crippen molar-refractivity contribution in [1.82, 2.24) is 10.2 Å². The van der Waals surface area contributed by atoms with Gasteiger partial charge in [0.05, 0.1) is 12.8 Å². The first-order valence-corrected chi connectivity index (χ1v) is 8.46. The number of methoxy groups -OCH3 is 1. The van der Waals surface area contributed by atoms with E-state index >= 15 is 0 Å². The van der Waals surface area contributed by atoms with Crippen molar-refractivity contribution in [2.75, 3.05) is 25.5 Å². The van der Waals surface area contributed by atoms with Crippen molar-refractivity contribution in [3.63, 3.8) is 0 Å². The first-order valence-electron chi connectivity index (χ1n) is 8.46. The zero-order valence-corrected chi connectivity index (χ0v) is 14.9. The van der Waals surface area contributed by atoms with Crippen LogP contribution in [-0.2, 0) is 14.4 Å². The van der Waals surface area contributed by atoms with Crippen LogP contribution in [0.2, 0.25) is 0 Å². The Morgan fingerprint density at radius 3 is 2.64 bits per heavy atom. The average molecular weight is 347 g/mol. The number of hydrogen-bond acceptors (Lipinski definition) is 4. The molecule has 7 heteroatoms. The van der Waals surface area contributed by atoms with E-state index in [0.29, 0.717) is 24.5 Å². The largest absolute Gasteiger partial charge is 0.495 e. The highest BCUT2D eigenvalue weighted by atomic mass is 16.5. The third-order valence-electron chi connectivity index (χ3n) is 4.13. The van der Waals surface area contributed by atoms with Gasteiger partial charge < -0.3 is 20.3 Å². The van der Waals surface area contributed by atoms with E-state index in [1.165, 1.54) is 12.0 Å². The van der Waals surface area contributed by atoms with Crippen LogP contribution < -0.4 is 15.4 Å². The van der Waals surface area contributed by atoms with Crippen LogP contribution in [0.3, 0.4) is 0 Å². The third-order valence-corrected chi connectivity index (χ3v) is 4.13. The van der Waals surface area contributed by atoms with Gasteiger partial charge in [-0.3, -0.25) is 14.4 Å². The second kappa shape index (κ2) is 8.50. The first-order chi connectivity index (χ1) is 11.9. The number of anilines is 1. The molecule has 25 heavy (non-hydrogen) atoms.